The van der Waals surface area contributed by atoms with Crippen molar-refractivity contribution in [3.8, 4) is 0 Å². The van der Waals surface area contributed by atoms with Crippen molar-refractivity contribution in [1.82, 2.24) is 5.32 Å². The lowest BCUT2D eigenvalue weighted by Gasteiger charge is -2.35. The van der Waals surface area contributed by atoms with Gasteiger partial charge in [-0.1, -0.05) is 35.5 Å². The molecule has 2 rings (SSSR count). The summed E-state index contributed by atoms with van der Waals surface area (Å²) in [5, 5.41) is 11.1. The van der Waals surface area contributed by atoms with Crippen molar-refractivity contribution < 1.29 is 28.5 Å². The molecule has 1 aliphatic heterocycles. The zero-order valence-corrected chi connectivity index (χ0v) is 21.9. The van der Waals surface area contributed by atoms with E-state index >= 15 is 0 Å². The predicted molar refractivity (Wildman–Crippen MR) is 136 cm³/mol. The van der Waals surface area contributed by atoms with Gasteiger partial charge in [0.15, 0.2) is 11.5 Å². The SMILES string of the molecule is CCOC(=O)C1=C(CSC(=N)N)NC(C(OCC)OCC)=C(C(=O)OCC)C1c1cccc(Cl)c1. The summed E-state index contributed by atoms with van der Waals surface area (Å²) >= 11 is 7.32. The number of hydrogen-bond acceptors (Lipinski definition) is 9. The molecule has 0 aromatic heterocycles. The van der Waals surface area contributed by atoms with E-state index in [0.717, 1.165) is 11.8 Å². The Morgan fingerprint density at radius 3 is 2.17 bits per heavy atom. The lowest BCUT2D eigenvalue weighted by atomic mass is 9.80. The first-order chi connectivity index (χ1) is 16.8. The first kappa shape index (κ1) is 28.7. The first-order valence-electron chi connectivity index (χ1n) is 11.3. The largest absolute Gasteiger partial charge is 0.463 e. The summed E-state index contributed by atoms with van der Waals surface area (Å²) in [5.41, 5.74) is 7.25. The zero-order valence-electron chi connectivity index (χ0n) is 20.3. The van der Waals surface area contributed by atoms with E-state index in [2.05, 4.69) is 5.32 Å². The van der Waals surface area contributed by atoms with Crippen LogP contribution in [0.2, 0.25) is 5.02 Å². The molecule has 0 fully saturated rings. The minimum absolute atomic E-state index is 0.122. The summed E-state index contributed by atoms with van der Waals surface area (Å²) in [6, 6.07) is 6.88. The van der Waals surface area contributed by atoms with Gasteiger partial charge in [0, 0.05) is 29.7 Å². The second-order valence-corrected chi connectivity index (χ2v) is 8.62. The number of rotatable bonds is 12. The van der Waals surface area contributed by atoms with Crippen LogP contribution in [0, 0.1) is 5.41 Å². The Morgan fingerprint density at radius 1 is 1.06 bits per heavy atom. The molecule has 1 unspecified atom stereocenters. The maximum atomic E-state index is 13.4. The molecule has 0 spiro atoms. The van der Waals surface area contributed by atoms with Gasteiger partial charge in [0.05, 0.1) is 36.0 Å². The van der Waals surface area contributed by atoms with Crippen LogP contribution in [0.4, 0.5) is 0 Å². The highest BCUT2D eigenvalue weighted by atomic mass is 35.5. The Bertz CT molecular complexity index is 991. The molecule has 0 aliphatic carbocycles. The first-order valence-corrected chi connectivity index (χ1v) is 12.7. The number of amidine groups is 1. The molecule has 0 bridgehead atoms. The molecule has 9 nitrogen and oxygen atoms in total. The van der Waals surface area contributed by atoms with Gasteiger partial charge in [0.1, 0.15) is 0 Å². The topological polar surface area (TPSA) is 133 Å². The van der Waals surface area contributed by atoms with Crippen molar-refractivity contribution in [3.05, 3.63) is 57.4 Å². The van der Waals surface area contributed by atoms with Crippen molar-refractivity contribution >= 4 is 40.5 Å². The van der Waals surface area contributed by atoms with Crippen molar-refractivity contribution in [3.63, 3.8) is 0 Å². The number of hydrogen-bond donors (Lipinski definition) is 3. The Hall–Kier alpha value is -2.53. The summed E-state index contributed by atoms with van der Waals surface area (Å²) in [7, 11) is 0. The second-order valence-electron chi connectivity index (χ2n) is 7.17. The number of nitrogens with two attached hydrogens (primary N) is 1. The lowest BCUT2D eigenvalue weighted by Crippen LogP contribution is -2.40. The van der Waals surface area contributed by atoms with Gasteiger partial charge in [-0.3, -0.25) is 5.41 Å². The van der Waals surface area contributed by atoms with Gasteiger partial charge in [-0.2, -0.15) is 0 Å². The molecule has 1 heterocycles. The molecule has 1 aromatic carbocycles. The van der Waals surface area contributed by atoms with Crippen molar-refractivity contribution in [1.29, 1.82) is 5.41 Å². The Balaban J connectivity index is 2.88. The van der Waals surface area contributed by atoms with Gasteiger partial charge in [0.2, 0.25) is 0 Å². The fourth-order valence-corrected chi connectivity index (χ4v) is 4.37. The van der Waals surface area contributed by atoms with E-state index in [4.69, 9.17) is 41.7 Å². The number of nitrogens with one attached hydrogen (secondary N) is 2. The minimum Gasteiger partial charge on any atom is -0.463 e. The third-order valence-corrected chi connectivity index (χ3v) is 5.87. The van der Waals surface area contributed by atoms with Crippen LogP contribution in [0.25, 0.3) is 0 Å². The van der Waals surface area contributed by atoms with E-state index in [1.807, 2.05) is 0 Å². The van der Waals surface area contributed by atoms with Gasteiger partial charge in [0.25, 0.3) is 0 Å². The Labute approximate surface area is 214 Å². The van der Waals surface area contributed by atoms with E-state index in [-0.39, 0.29) is 35.3 Å². The smallest absolute Gasteiger partial charge is 0.336 e. The Kier molecular flexibility index (Phi) is 11.6. The number of halogens is 1. The van der Waals surface area contributed by atoms with E-state index in [9.17, 15) is 9.59 Å². The highest BCUT2D eigenvalue weighted by Crippen LogP contribution is 2.42. The zero-order chi connectivity index (χ0) is 26.0. The predicted octanol–water partition coefficient (Wildman–Crippen LogP) is 3.69. The number of dihydropyridines is 1. The molecule has 1 aliphatic rings. The van der Waals surface area contributed by atoms with Crippen LogP contribution in [0.1, 0.15) is 39.2 Å². The van der Waals surface area contributed by atoms with E-state index in [0.29, 0.717) is 35.2 Å². The molecule has 0 amide bonds. The van der Waals surface area contributed by atoms with Crippen LogP contribution < -0.4 is 11.1 Å². The molecule has 0 saturated heterocycles. The van der Waals surface area contributed by atoms with Crippen LogP contribution in [0.3, 0.4) is 0 Å². The van der Waals surface area contributed by atoms with Crippen LogP contribution in [-0.4, -0.2) is 55.6 Å². The number of carbonyl (C=O) groups is 2. The van der Waals surface area contributed by atoms with Crippen LogP contribution in [0.5, 0.6) is 0 Å². The number of ether oxygens (including phenoxy) is 4. The summed E-state index contributed by atoms with van der Waals surface area (Å²) < 4.78 is 22.4. The fourth-order valence-electron chi connectivity index (χ4n) is 3.64. The van der Waals surface area contributed by atoms with Gasteiger partial charge in [-0.05, 0) is 45.4 Å². The highest BCUT2D eigenvalue weighted by molar-refractivity contribution is 8.13. The van der Waals surface area contributed by atoms with Crippen LogP contribution in [-0.2, 0) is 28.5 Å². The average molecular weight is 526 g/mol. The number of benzene rings is 1. The van der Waals surface area contributed by atoms with E-state index in [1.165, 1.54) is 0 Å². The Morgan fingerprint density at radius 2 is 1.66 bits per heavy atom. The molecular weight excluding hydrogens is 494 g/mol. The van der Waals surface area contributed by atoms with Gasteiger partial charge >= 0.3 is 11.9 Å². The maximum absolute atomic E-state index is 13.4. The van der Waals surface area contributed by atoms with Gasteiger partial charge in [-0.25, -0.2) is 9.59 Å². The van der Waals surface area contributed by atoms with E-state index < -0.39 is 24.1 Å². The van der Waals surface area contributed by atoms with Crippen molar-refractivity contribution in [2.24, 2.45) is 5.73 Å². The number of carbonyl (C=O) groups excluding carboxylic acids is 2. The second kappa shape index (κ2) is 14.1. The molecule has 35 heavy (non-hydrogen) atoms. The number of thioether (sulfide) groups is 1. The van der Waals surface area contributed by atoms with Crippen molar-refractivity contribution in [2.75, 3.05) is 32.2 Å². The van der Waals surface area contributed by atoms with E-state index in [1.54, 1.807) is 52.0 Å². The maximum Gasteiger partial charge on any atom is 0.336 e. The van der Waals surface area contributed by atoms with Gasteiger partial charge < -0.3 is 30.0 Å². The third-order valence-electron chi connectivity index (χ3n) is 4.89. The number of esters is 2. The normalized spacial score (nSPS) is 15.8. The summed E-state index contributed by atoms with van der Waals surface area (Å²) in [6.45, 7) is 7.87. The molecule has 11 heteroatoms. The summed E-state index contributed by atoms with van der Waals surface area (Å²) in [4.78, 5) is 26.7. The summed E-state index contributed by atoms with van der Waals surface area (Å²) in [6.07, 6.45) is -0.938. The standard InChI is InChI=1S/C24H32ClN3O6S/c1-5-31-21(29)18-16(13-35-24(26)27)28-20(23(33-7-3)34-8-4)19(22(30)32-6-2)17(18)14-10-9-11-15(25)12-14/h9-12,17,23,28H,5-8,13H2,1-4H3,(H3,26,27). The lowest BCUT2D eigenvalue weighted by molar-refractivity contribution is -0.141. The quantitative estimate of drug-likeness (QED) is 0.162. The summed E-state index contributed by atoms with van der Waals surface area (Å²) in [5.74, 6) is -2.00. The molecule has 4 N–H and O–H groups in total. The molecule has 192 valence electrons. The third kappa shape index (κ3) is 7.47. The monoisotopic (exact) mass is 525 g/mol. The molecule has 0 radical (unpaired) electrons. The average Bonchev–Trinajstić information content (AvgIpc) is 2.81. The fraction of sp³-hybridized carbons (Fsp3) is 0.458. The van der Waals surface area contributed by atoms with Gasteiger partial charge in [-0.15, -0.1) is 0 Å². The highest BCUT2D eigenvalue weighted by Gasteiger charge is 2.42. The molecule has 0 saturated carbocycles. The molecule has 1 aromatic rings. The van der Waals surface area contributed by atoms with Crippen molar-refractivity contribution in [2.45, 2.75) is 39.9 Å². The molecule has 1 atom stereocenters. The van der Waals surface area contributed by atoms with Crippen LogP contribution in [0.15, 0.2) is 46.8 Å². The minimum atomic E-state index is -0.938. The molecular formula is C24H32ClN3O6S. The van der Waals surface area contributed by atoms with Crippen LogP contribution >= 0.6 is 23.4 Å².